The number of likely N-dealkylation sites (tertiary alicyclic amines) is 1. The average Bonchev–Trinajstić information content (AvgIpc) is 2.52. The van der Waals surface area contributed by atoms with Crippen molar-refractivity contribution < 1.29 is 9.47 Å². The van der Waals surface area contributed by atoms with Gasteiger partial charge in [-0.15, -0.1) is 0 Å². The van der Waals surface area contributed by atoms with Gasteiger partial charge in [-0.25, -0.2) is 0 Å². The minimum atomic E-state index is 0.698. The second-order valence-corrected chi connectivity index (χ2v) is 5.77. The first-order valence-electron chi connectivity index (χ1n) is 7.86. The van der Waals surface area contributed by atoms with E-state index in [1.807, 2.05) is 6.07 Å². The van der Waals surface area contributed by atoms with Gasteiger partial charge in [-0.1, -0.05) is 12.5 Å². The van der Waals surface area contributed by atoms with Gasteiger partial charge in [-0.2, -0.15) is 0 Å². The molecule has 118 valence electrons. The van der Waals surface area contributed by atoms with Crippen molar-refractivity contribution in [2.75, 3.05) is 40.9 Å². The van der Waals surface area contributed by atoms with E-state index in [9.17, 15) is 0 Å². The number of hydrogen-bond acceptors (Lipinski definition) is 4. The summed E-state index contributed by atoms with van der Waals surface area (Å²) in [7, 11) is 5.58. The lowest BCUT2D eigenvalue weighted by molar-refractivity contribution is 0.182. The fourth-order valence-electron chi connectivity index (χ4n) is 2.94. The minimum absolute atomic E-state index is 0.698. The third-order valence-corrected chi connectivity index (χ3v) is 4.34. The molecule has 1 unspecified atom stereocenters. The van der Waals surface area contributed by atoms with Gasteiger partial charge >= 0.3 is 0 Å². The average molecular weight is 292 g/mol. The number of nitrogens with zero attached hydrogens (tertiary/aromatic N) is 1. The molecule has 4 heteroatoms. The molecular weight excluding hydrogens is 264 g/mol. The molecule has 0 aromatic heterocycles. The van der Waals surface area contributed by atoms with E-state index in [2.05, 4.69) is 29.4 Å². The Labute approximate surface area is 128 Å². The van der Waals surface area contributed by atoms with E-state index in [1.165, 1.54) is 31.4 Å². The van der Waals surface area contributed by atoms with Crippen LogP contribution in [0.5, 0.6) is 11.5 Å². The molecule has 0 saturated carbocycles. The molecule has 1 aromatic carbocycles. The summed E-state index contributed by atoms with van der Waals surface area (Å²) in [5.74, 6) is 1.60. The summed E-state index contributed by atoms with van der Waals surface area (Å²) in [5, 5.41) is 3.59. The van der Waals surface area contributed by atoms with E-state index in [0.29, 0.717) is 6.04 Å². The Hall–Kier alpha value is -1.26. The number of benzene rings is 1. The molecule has 0 amide bonds. The molecule has 0 spiro atoms. The summed E-state index contributed by atoms with van der Waals surface area (Å²) in [4.78, 5) is 2.48. The van der Waals surface area contributed by atoms with E-state index >= 15 is 0 Å². The van der Waals surface area contributed by atoms with Gasteiger partial charge < -0.3 is 19.7 Å². The van der Waals surface area contributed by atoms with Crippen molar-refractivity contribution in [2.24, 2.45) is 0 Å². The molecule has 0 radical (unpaired) electrons. The Morgan fingerprint density at radius 3 is 2.71 bits per heavy atom. The number of methoxy groups -OCH3 is 2. The standard InChI is InChI=1S/C17H28N2O2/c1-19-11-5-4-6-15(19)13-18-10-9-14-7-8-16(20-2)17(12-14)21-3/h7-8,12,15,18H,4-6,9-11,13H2,1-3H3. The molecule has 1 aromatic rings. The Balaban J connectivity index is 1.75. The zero-order chi connectivity index (χ0) is 15.1. The van der Waals surface area contributed by atoms with E-state index in [4.69, 9.17) is 9.47 Å². The summed E-state index contributed by atoms with van der Waals surface area (Å²) < 4.78 is 10.6. The molecule has 1 N–H and O–H groups in total. The molecule has 1 saturated heterocycles. The fourth-order valence-corrected chi connectivity index (χ4v) is 2.94. The van der Waals surface area contributed by atoms with Crippen LogP contribution in [0.2, 0.25) is 0 Å². The van der Waals surface area contributed by atoms with Crippen molar-refractivity contribution >= 4 is 0 Å². The summed E-state index contributed by atoms with van der Waals surface area (Å²) in [6.07, 6.45) is 5.04. The van der Waals surface area contributed by atoms with Crippen molar-refractivity contribution in [3.63, 3.8) is 0 Å². The van der Waals surface area contributed by atoms with Crippen LogP contribution in [0.1, 0.15) is 24.8 Å². The monoisotopic (exact) mass is 292 g/mol. The van der Waals surface area contributed by atoms with Gasteiger partial charge in [-0.3, -0.25) is 0 Å². The van der Waals surface area contributed by atoms with E-state index in [1.54, 1.807) is 14.2 Å². The van der Waals surface area contributed by atoms with Gasteiger partial charge in [0.25, 0.3) is 0 Å². The Kier molecular flexibility index (Phi) is 6.33. The molecule has 1 fully saturated rings. The number of ether oxygens (including phenoxy) is 2. The second kappa shape index (κ2) is 8.25. The number of rotatable bonds is 7. The third kappa shape index (κ3) is 4.61. The lowest BCUT2D eigenvalue weighted by Gasteiger charge is -2.32. The van der Waals surface area contributed by atoms with Crippen LogP contribution < -0.4 is 14.8 Å². The quantitative estimate of drug-likeness (QED) is 0.782. The highest BCUT2D eigenvalue weighted by molar-refractivity contribution is 5.42. The number of likely N-dealkylation sites (N-methyl/N-ethyl adjacent to an activating group) is 1. The summed E-state index contributed by atoms with van der Waals surface area (Å²) in [6, 6.07) is 6.84. The van der Waals surface area contributed by atoms with Crippen molar-refractivity contribution in [2.45, 2.75) is 31.7 Å². The zero-order valence-electron chi connectivity index (χ0n) is 13.5. The van der Waals surface area contributed by atoms with Crippen molar-refractivity contribution in [1.29, 1.82) is 0 Å². The van der Waals surface area contributed by atoms with Crippen LogP contribution in [-0.2, 0) is 6.42 Å². The maximum absolute atomic E-state index is 5.34. The highest BCUT2D eigenvalue weighted by Gasteiger charge is 2.17. The number of nitrogens with one attached hydrogen (secondary N) is 1. The first-order chi connectivity index (χ1) is 10.2. The molecule has 1 aliphatic heterocycles. The summed E-state index contributed by atoms with van der Waals surface area (Å²) in [5.41, 5.74) is 1.28. The van der Waals surface area contributed by atoms with Gasteiger partial charge in [-0.05, 0) is 57.1 Å². The molecule has 1 aliphatic rings. The fraction of sp³-hybridized carbons (Fsp3) is 0.647. The first kappa shape index (κ1) is 16.1. The van der Waals surface area contributed by atoms with Crippen LogP contribution in [0.4, 0.5) is 0 Å². The normalized spacial score (nSPS) is 19.5. The van der Waals surface area contributed by atoms with Crippen molar-refractivity contribution in [3.8, 4) is 11.5 Å². The van der Waals surface area contributed by atoms with Crippen LogP contribution >= 0.6 is 0 Å². The summed E-state index contributed by atoms with van der Waals surface area (Å²) >= 11 is 0. The maximum atomic E-state index is 5.34. The van der Waals surface area contributed by atoms with E-state index < -0.39 is 0 Å². The number of piperidine rings is 1. The first-order valence-corrected chi connectivity index (χ1v) is 7.86. The lowest BCUT2D eigenvalue weighted by atomic mass is 10.0. The van der Waals surface area contributed by atoms with Gasteiger partial charge in [0.05, 0.1) is 14.2 Å². The second-order valence-electron chi connectivity index (χ2n) is 5.77. The Morgan fingerprint density at radius 2 is 2.00 bits per heavy atom. The molecule has 21 heavy (non-hydrogen) atoms. The summed E-state index contributed by atoms with van der Waals surface area (Å²) in [6.45, 7) is 3.33. The maximum Gasteiger partial charge on any atom is 0.160 e. The van der Waals surface area contributed by atoms with Gasteiger partial charge in [0.1, 0.15) is 0 Å². The lowest BCUT2D eigenvalue weighted by Crippen LogP contribution is -2.43. The molecular formula is C17H28N2O2. The van der Waals surface area contributed by atoms with Gasteiger partial charge in [0.2, 0.25) is 0 Å². The Bertz CT molecular complexity index is 437. The molecule has 2 rings (SSSR count). The molecule has 1 heterocycles. The third-order valence-electron chi connectivity index (χ3n) is 4.34. The van der Waals surface area contributed by atoms with Gasteiger partial charge in [0.15, 0.2) is 11.5 Å². The van der Waals surface area contributed by atoms with Crippen LogP contribution in [0.25, 0.3) is 0 Å². The van der Waals surface area contributed by atoms with Crippen LogP contribution in [0.3, 0.4) is 0 Å². The molecule has 0 bridgehead atoms. The van der Waals surface area contributed by atoms with Crippen LogP contribution in [0.15, 0.2) is 18.2 Å². The van der Waals surface area contributed by atoms with Gasteiger partial charge in [0, 0.05) is 12.6 Å². The predicted octanol–water partition coefficient (Wildman–Crippen LogP) is 2.32. The van der Waals surface area contributed by atoms with E-state index in [-0.39, 0.29) is 0 Å². The van der Waals surface area contributed by atoms with Crippen molar-refractivity contribution in [1.82, 2.24) is 10.2 Å². The molecule has 4 nitrogen and oxygen atoms in total. The molecule has 1 atom stereocenters. The van der Waals surface area contributed by atoms with Crippen LogP contribution in [-0.4, -0.2) is 51.8 Å². The largest absolute Gasteiger partial charge is 0.493 e. The minimum Gasteiger partial charge on any atom is -0.493 e. The van der Waals surface area contributed by atoms with Crippen LogP contribution in [0, 0.1) is 0 Å². The zero-order valence-corrected chi connectivity index (χ0v) is 13.5. The van der Waals surface area contributed by atoms with E-state index in [0.717, 1.165) is 31.0 Å². The smallest absolute Gasteiger partial charge is 0.160 e. The highest BCUT2D eigenvalue weighted by Crippen LogP contribution is 2.27. The SMILES string of the molecule is COc1ccc(CCNCC2CCCCN2C)cc1OC. The molecule has 0 aliphatic carbocycles. The highest BCUT2D eigenvalue weighted by atomic mass is 16.5. The topological polar surface area (TPSA) is 33.7 Å². The predicted molar refractivity (Wildman–Crippen MR) is 86.4 cm³/mol. The van der Waals surface area contributed by atoms with Crippen molar-refractivity contribution in [3.05, 3.63) is 23.8 Å². The Morgan fingerprint density at radius 1 is 1.19 bits per heavy atom. The number of hydrogen-bond donors (Lipinski definition) is 1.